The predicted octanol–water partition coefficient (Wildman–Crippen LogP) is 1.46. The maximum atomic E-state index is 10.5. The summed E-state index contributed by atoms with van der Waals surface area (Å²) >= 11 is 0. The standard InChI is InChI=1S/C7H9O3P.C2H4O2/c8-11(9,10)6-7-4-2-1-3-5-7;1-2(3)4/h1-5H,6H2,(H2,8,9,10);1H3,(H,3,4). The highest BCUT2D eigenvalue weighted by Crippen LogP contribution is 2.38. The van der Waals surface area contributed by atoms with Crippen LogP contribution >= 0.6 is 7.60 Å². The third kappa shape index (κ3) is 10.8. The van der Waals surface area contributed by atoms with Crippen molar-refractivity contribution in [1.29, 1.82) is 0 Å². The lowest BCUT2D eigenvalue weighted by Gasteiger charge is -2.01. The van der Waals surface area contributed by atoms with Crippen LogP contribution < -0.4 is 0 Å². The van der Waals surface area contributed by atoms with Crippen molar-refractivity contribution in [3.8, 4) is 0 Å². The van der Waals surface area contributed by atoms with Crippen LogP contribution in [0, 0.1) is 0 Å². The van der Waals surface area contributed by atoms with E-state index in [4.69, 9.17) is 19.7 Å². The molecule has 0 fully saturated rings. The van der Waals surface area contributed by atoms with Gasteiger partial charge >= 0.3 is 7.60 Å². The summed E-state index contributed by atoms with van der Waals surface area (Å²) in [6.45, 7) is 1.08. The molecule has 0 aliphatic carbocycles. The number of aliphatic carboxylic acids is 1. The molecular formula is C9H13O5P. The smallest absolute Gasteiger partial charge is 0.329 e. The summed E-state index contributed by atoms with van der Waals surface area (Å²) in [6.07, 6.45) is -0.173. The molecule has 1 aromatic rings. The van der Waals surface area contributed by atoms with Crippen molar-refractivity contribution in [2.75, 3.05) is 0 Å². The molecule has 0 spiro atoms. The van der Waals surface area contributed by atoms with Crippen molar-refractivity contribution >= 4 is 13.6 Å². The molecular weight excluding hydrogens is 219 g/mol. The molecule has 0 aliphatic heterocycles. The van der Waals surface area contributed by atoms with Gasteiger partial charge in [-0.15, -0.1) is 0 Å². The molecule has 1 rings (SSSR count). The van der Waals surface area contributed by atoms with Crippen LogP contribution in [0.2, 0.25) is 0 Å². The Balaban J connectivity index is 0.000000423. The summed E-state index contributed by atoms with van der Waals surface area (Å²) in [5.41, 5.74) is 0.667. The molecule has 15 heavy (non-hydrogen) atoms. The van der Waals surface area contributed by atoms with E-state index in [2.05, 4.69) is 0 Å². The van der Waals surface area contributed by atoms with Crippen molar-refractivity contribution in [1.82, 2.24) is 0 Å². The Hall–Kier alpha value is -1.16. The first-order valence-electron chi connectivity index (χ1n) is 4.09. The molecule has 0 heterocycles. The second-order valence-electron chi connectivity index (χ2n) is 2.83. The van der Waals surface area contributed by atoms with Crippen LogP contribution in [0.1, 0.15) is 12.5 Å². The van der Waals surface area contributed by atoms with Gasteiger partial charge in [-0.25, -0.2) is 0 Å². The normalized spacial score (nSPS) is 10.1. The number of benzene rings is 1. The van der Waals surface area contributed by atoms with Crippen LogP contribution in [0.3, 0.4) is 0 Å². The van der Waals surface area contributed by atoms with Gasteiger partial charge in [-0.3, -0.25) is 9.36 Å². The fourth-order valence-corrected chi connectivity index (χ4v) is 1.51. The maximum Gasteiger partial charge on any atom is 0.329 e. The van der Waals surface area contributed by atoms with Gasteiger partial charge in [0.15, 0.2) is 0 Å². The van der Waals surface area contributed by atoms with Gasteiger partial charge in [0, 0.05) is 6.92 Å². The summed E-state index contributed by atoms with van der Waals surface area (Å²) in [7, 11) is -3.89. The van der Waals surface area contributed by atoms with Crippen LogP contribution in [-0.4, -0.2) is 20.9 Å². The Morgan fingerprint density at radius 1 is 1.27 bits per heavy atom. The molecule has 0 saturated heterocycles. The van der Waals surface area contributed by atoms with Crippen molar-refractivity contribution in [2.45, 2.75) is 13.1 Å². The van der Waals surface area contributed by atoms with E-state index in [1.54, 1.807) is 24.3 Å². The lowest BCUT2D eigenvalue weighted by molar-refractivity contribution is -0.134. The van der Waals surface area contributed by atoms with Gasteiger partial charge in [0.1, 0.15) is 0 Å². The van der Waals surface area contributed by atoms with Gasteiger partial charge in [-0.2, -0.15) is 0 Å². The highest BCUT2D eigenvalue weighted by atomic mass is 31.2. The van der Waals surface area contributed by atoms with E-state index >= 15 is 0 Å². The van der Waals surface area contributed by atoms with E-state index in [1.807, 2.05) is 6.07 Å². The molecule has 1 aromatic carbocycles. The fourth-order valence-electron chi connectivity index (χ4n) is 0.821. The summed E-state index contributed by atoms with van der Waals surface area (Å²) in [5, 5.41) is 7.42. The Morgan fingerprint density at radius 3 is 2.00 bits per heavy atom. The van der Waals surface area contributed by atoms with E-state index in [0.717, 1.165) is 6.92 Å². The minimum absolute atomic E-state index is 0.173. The Labute approximate surface area is 87.5 Å². The molecule has 0 unspecified atom stereocenters. The lowest BCUT2D eigenvalue weighted by Crippen LogP contribution is -1.84. The zero-order valence-electron chi connectivity index (χ0n) is 8.20. The topological polar surface area (TPSA) is 94.8 Å². The molecule has 6 heteroatoms. The lowest BCUT2D eigenvalue weighted by atomic mass is 10.2. The summed E-state index contributed by atoms with van der Waals surface area (Å²) in [4.78, 5) is 26.2. The molecule has 0 aliphatic rings. The highest BCUT2D eigenvalue weighted by molar-refractivity contribution is 7.50. The first-order valence-corrected chi connectivity index (χ1v) is 5.89. The van der Waals surface area contributed by atoms with E-state index in [-0.39, 0.29) is 6.16 Å². The van der Waals surface area contributed by atoms with Crippen LogP contribution in [0.25, 0.3) is 0 Å². The molecule has 0 aromatic heterocycles. The minimum atomic E-state index is -3.89. The second-order valence-corrected chi connectivity index (χ2v) is 4.47. The number of carboxylic acids is 1. The van der Waals surface area contributed by atoms with Gasteiger partial charge in [-0.1, -0.05) is 30.3 Å². The van der Waals surface area contributed by atoms with Crippen molar-refractivity contribution in [3.05, 3.63) is 35.9 Å². The molecule has 0 radical (unpaired) electrons. The average Bonchev–Trinajstić information content (AvgIpc) is 2.01. The summed E-state index contributed by atoms with van der Waals surface area (Å²) in [5.74, 6) is -0.833. The fraction of sp³-hybridized carbons (Fsp3) is 0.222. The largest absolute Gasteiger partial charge is 0.481 e. The van der Waals surface area contributed by atoms with Gasteiger partial charge in [0.25, 0.3) is 5.97 Å². The molecule has 3 N–H and O–H groups in total. The first-order chi connectivity index (χ1) is 6.81. The van der Waals surface area contributed by atoms with Crippen molar-refractivity contribution < 1.29 is 24.3 Å². The van der Waals surface area contributed by atoms with Crippen molar-refractivity contribution in [2.24, 2.45) is 0 Å². The Kier molecular flexibility index (Phi) is 5.86. The van der Waals surface area contributed by atoms with Gasteiger partial charge in [-0.05, 0) is 5.56 Å². The quantitative estimate of drug-likeness (QED) is 0.671. The zero-order chi connectivity index (χ0) is 11.9. The second kappa shape index (κ2) is 6.35. The van der Waals surface area contributed by atoms with E-state index in [1.165, 1.54) is 0 Å². The SMILES string of the molecule is CC(=O)O.O=P(O)(O)Cc1ccccc1. The van der Waals surface area contributed by atoms with Crippen molar-refractivity contribution in [3.63, 3.8) is 0 Å². The average molecular weight is 232 g/mol. The number of carbonyl (C=O) groups is 1. The minimum Gasteiger partial charge on any atom is -0.481 e. The third-order valence-electron chi connectivity index (χ3n) is 1.23. The molecule has 0 bridgehead atoms. The first kappa shape index (κ1) is 13.8. The van der Waals surface area contributed by atoms with E-state index < -0.39 is 13.6 Å². The zero-order valence-corrected chi connectivity index (χ0v) is 9.09. The van der Waals surface area contributed by atoms with Crippen LogP contribution in [0.15, 0.2) is 30.3 Å². The number of hydrogen-bond donors (Lipinski definition) is 3. The number of rotatable bonds is 2. The third-order valence-corrected chi connectivity index (χ3v) is 2.01. The van der Waals surface area contributed by atoms with Gasteiger partial charge in [0.2, 0.25) is 0 Å². The monoisotopic (exact) mass is 232 g/mol. The predicted molar refractivity (Wildman–Crippen MR) is 55.5 cm³/mol. The molecule has 0 atom stereocenters. The highest BCUT2D eigenvalue weighted by Gasteiger charge is 2.12. The van der Waals surface area contributed by atoms with Crippen LogP contribution in [0.4, 0.5) is 0 Å². The summed E-state index contributed by atoms with van der Waals surface area (Å²) < 4.78 is 10.5. The van der Waals surface area contributed by atoms with Crippen LogP contribution in [-0.2, 0) is 15.5 Å². The maximum absolute atomic E-state index is 10.5. The molecule has 0 amide bonds. The Bertz CT molecular complexity index is 339. The molecule has 84 valence electrons. The Morgan fingerprint density at radius 2 is 1.67 bits per heavy atom. The van der Waals surface area contributed by atoms with Crippen LogP contribution in [0.5, 0.6) is 0 Å². The summed E-state index contributed by atoms with van der Waals surface area (Å²) in [6, 6.07) is 8.71. The number of hydrogen-bond acceptors (Lipinski definition) is 2. The van der Waals surface area contributed by atoms with Gasteiger partial charge < -0.3 is 14.9 Å². The number of carboxylic acid groups (broad SMARTS) is 1. The molecule has 0 saturated carbocycles. The van der Waals surface area contributed by atoms with E-state index in [0.29, 0.717) is 5.56 Å². The molecule has 5 nitrogen and oxygen atoms in total. The van der Waals surface area contributed by atoms with Gasteiger partial charge in [0.05, 0.1) is 6.16 Å². The van der Waals surface area contributed by atoms with E-state index in [9.17, 15) is 4.57 Å².